The fraction of sp³-hybridized carbons (Fsp3) is 0.727. The van der Waals surface area contributed by atoms with E-state index in [-0.39, 0.29) is 11.4 Å². The second-order valence-corrected chi connectivity index (χ2v) is 4.15. The van der Waals surface area contributed by atoms with E-state index in [4.69, 9.17) is 4.74 Å². The van der Waals surface area contributed by atoms with Crippen LogP contribution >= 0.6 is 0 Å². The Hall–Kier alpha value is -0.790. The molecular weight excluding hydrogens is 164 g/mol. The van der Waals surface area contributed by atoms with E-state index in [1.165, 1.54) is 19.3 Å². The van der Waals surface area contributed by atoms with Crippen LogP contribution in [-0.2, 0) is 9.53 Å². The molecule has 0 amide bonds. The van der Waals surface area contributed by atoms with Gasteiger partial charge in [0.25, 0.3) is 0 Å². The third-order valence-corrected chi connectivity index (χ3v) is 3.53. The molecule has 72 valence electrons. The Labute approximate surface area is 79.0 Å². The summed E-state index contributed by atoms with van der Waals surface area (Å²) in [5, 5.41) is 0. The van der Waals surface area contributed by atoms with E-state index in [1.807, 2.05) is 6.92 Å². The van der Waals surface area contributed by atoms with Crippen LogP contribution in [-0.4, -0.2) is 12.6 Å². The van der Waals surface area contributed by atoms with Gasteiger partial charge in [-0.15, -0.1) is 0 Å². The standard InChI is InChI=1S/C11H16O2/c1-3-13-10(12)8(2)11-6-4-5-9(11)7-11/h9H,2-7H2,1H3. The van der Waals surface area contributed by atoms with Gasteiger partial charge in [-0.2, -0.15) is 0 Å². The molecule has 2 aliphatic carbocycles. The zero-order valence-corrected chi connectivity index (χ0v) is 8.14. The molecule has 0 aromatic carbocycles. The van der Waals surface area contributed by atoms with Crippen molar-refractivity contribution >= 4 is 5.97 Å². The second-order valence-electron chi connectivity index (χ2n) is 4.15. The van der Waals surface area contributed by atoms with Gasteiger partial charge in [0.2, 0.25) is 0 Å². The van der Waals surface area contributed by atoms with Crippen molar-refractivity contribution in [1.82, 2.24) is 0 Å². The molecule has 0 radical (unpaired) electrons. The van der Waals surface area contributed by atoms with Crippen LogP contribution < -0.4 is 0 Å². The number of hydrogen-bond acceptors (Lipinski definition) is 2. The topological polar surface area (TPSA) is 26.3 Å². The van der Waals surface area contributed by atoms with E-state index in [0.717, 1.165) is 17.9 Å². The Morgan fingerprint density at radius 1 is 1.69 bits per heavy atom. The molecule has 0 aliphatic heterocycles. The van der Waals surface area contributed by atoms with E-state index >= 15 is 0 Å². The van der Waals surface area contributed by atoms with Crippen molar-refractivity contribution in [2.24, 2.45) is 11.3 Å². The maximum absolute atomic E-state index is 11.4. The van der Waals surface area contributed by atoms with Crippen molar-refractivity contribution in [3.63, 3.8) is 0 Å². The molecule has 0 aromatic rings. The van der Waals surface area contributed by atoms with Crippen LogP contribution in [0.3, 0.4) is 0 Å². The van der Waals surface area contributed by atoms with Crippen LogP contribution in [0.15, 0.2) is 12.2 Å². The van der Waals surface area contributed by atoms with Crippen LogP contribution in [0.4, 0.5) is 0 Å². The van der Waals surface area contributed by atoms with Gasteiger partial charge in [0.1, 0.15) is 0 Å². The summed E-state index contributed by atoms with van der Waals surface area (Å²) in [6.45, 7) is 6.19. The lowest BCUT2D eigenvalue weighted by atomic mass is 9.94. The summed E-state index contributed by atoms with van der Waals surface area (Å²) in [6, 6.07) is 0. The molecule has 2 saturated carbocycles. The fourth-order valence-corrected chi connectivity index (χ4v) is 2.67. The van der Waals surface area contributed by atoms with Gasteiger partial charge in [0.15, 0.2) is 0 Å². The highest BCUT2D eigenvalue weighted by molar-refractivity contribution is 5.90. The molecule has 0 heterocycles. The molecule has 0 N–H and O–H groups in total. The van der Waals surface area contributed by atoms with Gasteiger partial charge < -0.3 is 4.74 Å². The number of ether oxygens (including phenoxy) is 1. The van der Waals surface area contributed by atoms with Gasteiger partial charge in [-0.05, 0) is 32.1 Å². The summed E-state index contributed by atoms with van der Waals surface area (Å²) < 4.78 is 4.97. The predicted octanol–water partition coefficient (Wildman–Crippen LogP) is 2.30. The number of esters is 1. The minimum Gasteiger partial charge on any atom is -0.463 e. The summed E-state index contributed by atoms with van der Waals surface area (Å²) in [4.78, 5) is 11.4. The van der Waals surface area contributed by atoms with Crippen molar-refractivity contribution in [3.8, 4) is 0 Å². The van der Waals surface area contributed by atoms with E-state index in [0.29, 0.717) is 6.61 Å². The molecule has 0 saturated heterocycles. The smallest absolute Gasteiger partial charge is 0.333 e. The number of hydrogen-bond donors (Lipinski definition) is 0. The first-order valence-electron chi connectivity index (χ1n) is 5.07. The third kappa shape index (κ3) is 1.19. The van der Waals surface area contributed by atoms with Gasteiger partial charge in [-0.1, -0.05) is 13.0 Å². The highest BCUT2D eigenvalue weighted by Crippen LogP contribution is 2.67. The molecule has 2 fully saturated rings. The molecule has 0 spiro atoms. The maximum Gasteiger partial charge on any atom is 0.333 e. The van der Waals surface area contributed by atoms with Crippen LogP contribution in [0.2, 0.25) is 0 Å². The van der Waals surface area contributed by atoms with Gasteiger partial charge >= 0.3 is 5.97 Å². The van der Waals surface area contributed by atoms with Gasteiger partial charge in [0, 0.05) is 11.0 Å². The quantitative estimate of drug-likeness (QED) is 0.492. The molecule has 2 atom stereocenters. The van der Waals surface area contributed by atoms with Crippen molar-refractivity contribution in [2.45, 2.75) is 32.6 Å². The minimum absolute atomic E-state index is 0.173. The normalized spacial score (nSPS) is 35.3. The van der Waals surface area contributed by atoms with Crippen molar-refractivity contribution in [3.05, 3.63) is 12.2 Å². The first-order chi connectivity index (χ1) is 6.20. The predicted molar refractivity (Wildman–Crippen MR) is 50.2 cm³/mol. The van der Waals surface area contributed by atoms with E-state index in [9.17, 15) is 4.79 Å². The average Bonchev–Trinajstić information content (AvgIpc) is 2.69. The van der Waals surface area contributed by atoms with Crippen molar-refractivity contribution in [2.75, 3.05) is 6.61 Å². The first-order valence-corrected chi connectivity index (χ1v) is 5.07. The summed E-state index contributed by atoms with van der Waals surface area (Å²) in [7, 11) is 0. The lowest BCUT2D eigenvalue weighted by Gasteiger charge is -2.13. The van der Waals surface area contributed by atoms with Crippen LogP contribution in [0.1, 0.15) is 32.6 Å². The number of carbonyl (C=O) groups is 1. The van der Waals surface area contributed by atoms with Crippen molar-refractivity contribution < 1.29 is 9.53 Å². The lowest BCUT2D eigenvalue weighted by Crippen LogP contribution is -2.15. The zero-order valence-electron chi connectivity index (χ0n) is 8.14. The van der Waals surface area contributed by atoms with Crippen LogP contribution in [0.5, 0.6) is 0 Å². The Bertz CT molecular complexity index is 257. The second kappa shape index (κ2) is 2.86. The van der Waals surface area contributed by atoms with E-state index in [1.54, 1.807) is 0 Å². The monoisotopic (exact) mass is 180 g/mol. The average molecular weight is 180 g/mol. The summed E-state index contributed by atoms with van der Waals surface area (Å²) >= 11 is 0. The van der Waals surface area contributed by atoms with Crippen LogP contribution in [0.25, 0.3) is 0 Å². The minimum atomic E-state index is -0.174. The van der Waals surface area contributed by atoms with Gasteiger partial charge in [-0.25, -0.2) is 4.79 Å². The number of fused-ring (bicyclic) bond motifs is 1. The SMILES string of the molecule is C=C(C(=O)OCC)C12CCCC1C2. The Kier molecular flexibility index (Phi) is 1.94. The van der Waals surface area contributed by atoms with Crippen molar-refractivity contribution in [1.29, 1.82) is 0 Å². The Balaban J connectivity index is 2.01. The number of carbonyl (C=O) groups excluding carboxylic acids is 1. The summed E-state index contributed by atoms with van der Waals surface area (Å²) in [5.41, 5.74) is 0.906. The zero-order chi connectivity index (χ0) is 9.47. The fourth-order valence-electron chi connectivity index (χ4n) is 2.67. The molecule has 2 heteroatoms. The molecule has 2 aliphatic rings. The maximum atomic E-state index is 11.4. The van der Waals surface area contributed by atoms with E-state index in [2.05, 4.69) is 6.58 Å². The summed E-state index contributed by atoms with van der Waals surface area (Å²) in [6.07, 6.45) is 4.85. The first kappa shape index (κ1) is 8.79. The summed E-state index contributed by atoms with van der Waals surface area (Å²) in [5.74, 6) is 0.566. The lowest BCUT2D eigenvalue weighted by molar-refractivity contribution is -0.139. The molecule has 2 rings (SSSR count). The highest BCUT2D eigenvalue weighted by atomic mass is 16.5. The molecular formula is C11H16O2. The van der Waals surface area contributed by atoms with E-state index < -0.39 is 0 Å². The molecule has 0 bridgehead atoms. The van der Waals surface area contributed by atoms with Gasteiger partial charge in [0.05, 0.1) is 6.61 Å². The Morgan fingerprint density at radius 3 is 2.92 bits per heavy atom. The third-order valence-electron chi connectivity index (χ3n) is 3.53. The molecule has 2 unspecified atom stereocenters. The molecule has 13 heavy (non-hydrogen) atoms. The van der Waals surface area contributed by atoms with Crippen LogP contribution in [0, 0.1) is 11.3 Å². The molecule has 2 nitrogen and oxygen atoms in total. The largest absolute Gasteiger partial charge is 0.463 e. The molecule has 0 aromatic heterocycles. The van der Waals surface area contributed by atoms with Gasteiger partial charge in [-0.3, -0.25) is 0 Å². The highest BCUT2D eigenvalue weighted by Gasteiger charge is 2.60. The Morgan fingerprint density at radius 2 is 2.46 bits per heavy atom. The number of rotatable bonds is 3.